The van der Waals surface area contributed by atoms with Crippen LogP contribution in [0.1, 0.15) is 38.5 Å². The Morgan fingerprint density at radius 2 is 1.56 bits per heavy atom. The Labute approximate surface area is 94.6 Å². The molecular formula is C13H16O3. The second-order valence-electron chi connectivity index (χ2n) is 5.48. The Hall–Kier alpha value is -0.990. The topological polar surface area (TPSA) is 51.2 Å². The predicted molar refractivity (Wildman–Crippen MR) is 56.7 cm³/mol. The van der Waals surface area contributed by atoms with E-state index in [-0.39, 0.29) is 23.4 Å². The molecule has 0 N–H and O–H groups in total. The lowest BCUT2D eigenvalue weighted by Gasteiger charge is -2.41. The zero-order valence-electron chi connectivity index (χ0n) is 9.28. The second-order valence-corrected chi connectivity index (χ2v) is 5.48. The number of carbonyl (C=O) groups excluding carboxylic acids is 3. The minimum atomic E-state index is -0.707. The van der Waals surface area contributed by atoms with Crippen molar-refractivity contribution in [1.82, 2.24) is 0 Å². The molecule has 0 bridgehead atoms. The minimum Gasteiger partial charge on any atom is -0.290 e. The van der Waals surface area contributed by atoms with Gasteiger partial charge in [0.05, 0.1) is 0 Å². The predicted octanol–water partition coefficient (Wildman–Crippen LogP) is 1.54. The third-order valence-corrected chi connectivity index (χ3v) is 4.80. The van der Waals surface area contributed by atoms with Crippen LogP contribution in [0, 0.1) is 23.7 Å². The Morgan fingerprint density at radius 1 is 0.812 bits per heavy atom. The second kappa shape index (κ2) is 3.51. The average molecular weight is 220 g/mol. The van der Waals surface area contributed by atoms with Crippen LogP contribution in [-0.4, -0.2) is 17.3 Å². The molecule has 3 heteroatoms. The fraction of sp³-hybridized carbons (Fsp3) is 0.769. The number of Topliss-reactive ketones (excluding diaryl/α,β-unsaturated/α-hetero) is 3. The van der Waals surface area contributed by atoms with E-state index in [4.69, 9.17) is 0 Å². The molecule has 0 amide bonds. The molecule has 0 aromatic heterocycles. The maximum atomic E-state index is 11.8. The summed E-state index contributed by atoms with van der Waals surface area (Å²) in [5.74, 6) is -1.03. The molecule has 0 saturated heterocycles. The fourth-order valence-corrected chi connectivity index (χ4v) is 4.05. The third-order valence-electron chi connectivity index (χ3n) is 4.80. The lowest BCUT2D eigenvalue weighted by Crippen LogP contribution is -2.38. The van der Waals surface area contributed by atoms with E-state index in [9.17, 15) is 14.4 Å². The van der Waals surface area contributed by atoms with Gasteiger partial charge in [-0.05, 0) is 31.1 Å². The van der Waals surface area contributed by atoms with Crippen molar-refractivity contribution in [2.24, 2.45) is 23.7 Å². The molecule has 3 nitrogen and oxygen atoms in total. The van der Waals surface area contributed by atoms with Crippen LogP contribution in [0.25, 0.3) is 0 Å². The van der Waals surface area contributed by atoms with Crippen molar-refractivity contribution in [3.05, 3.63) is 0 Å². The van der Waals surface area contributed by atoms with E-state index in [0.29, 0.717) is 11.8 Å². The molecule has 3 rings (SSSR count). The van der Waals surface area contributed by atoms with Crippen LogP contribution in [-0.2, 0) is 14.4 Å². The molecule has 0 aliphatic heterocycles. The molecule has 0 aromatic carbocycles. The maximum Gasteiger partial charge on any atom is 0.264 e. The minimum absolute atomic E-state index is 0.237. The van der Waals surface area contributed by atoms with Gasteiger partial charge >= 0.3 is 0 Å². The largest absolute Gasteiger partial charge is 0.290 e. The summed E-state index contributed by atoms with van der Waals surface area (Å²) in [7, 11) is 0. The zero-order valence-corrected chi connectivity index (χ0v) is 9.28. The van der Waals surface area contributed by atoms with Gasteiger partial charge in [0.1, 0.15) is 0 Å². The quantitative estimate of drug-likeness (QED) is 0.582. The molecule has 0 radical (unpaired) electrons. The van der Waals surface area contributed by atoms with Gasteiger partial charge in [0.25, 0.3) is 5.78 Å². The van der Waals surface area contributed by atoms with E-state index in [1.54, 1.807) is 0 Å². The summed E-state index contributed by atoms with van der Waals surface area (Å²) in [6.07, 6.45) is 6.43. The fourth-order valence-electron chi connectivity index (χ4n) is 4.05. The molecule has 4 atom stereocenters. The van der Waals surface area contributed by atoms with E-state index >= 15 is 0 Å². The monoisotopic (exact) mass is 220 g/mol. The van der Waals surface area contributed by atoms with Crippen molar-refractivity contribution >= 4 is 17.3 Å². The van der Waals surface area contributed by atoms with E-state index < -0.39 is 5.78 Å². The molecule has 86 valence electrons. The van der Waals surface area contributed by atoms with Gasteiger partial charge in [-0.3, -0.25) is 14.4 Å². The van der Waals surface area contributed by atoms with Gasteiger partial charge in [-0.2, -0.15) is 0 Å². The molecule has 3 aliphatic rings. The number of hydrogen-bond donors (Lipinski definition) is 0. The van der Waals surface area contributed by atoms with Gasteiger partial charge in [0.2, 0.25) is 11.6 Å². The highest BCUT2D eigenvalue weighted by Crippen LogP contribution is 2.49. The van der Waals surface area contributed by atoms with Gasteiger partial charge in [-0.15, -0.1) is 0 Å². The Morgan fingerprint density at radius 3 is 2.38 bits per heavy atom. The summed E-state index contributed by atoms with van der Waals surface area (Å²) in [5, 5.41) is 0. The lowest BCUT2D eigenvalue weighted by molar-refractivity contribution is -0.141. The summed E-state index contributed by atoms with van der Waals surface area (Å²) in [4.78, 5) is 34.9. The molecule has 3 aliphatic carbocycles. The van der Waals surface area contributed by atoms with E-state index in [1.165, 1.54) is 12.8 Å². The first-order valence-corrected chi connectivity index (χ1v) is 6.32. The zero-order chi connectivity index (χ0) is 11.3. The summed E-state index contributed by atoms with van der Waals surface area (Å²) in [6, 6.07) is 0. The standard InChI is InChI=1S/C13H16O3/c14-11-9-6-5-7-3-1-2-4-8(7)10(9)12(15)13(11)16/h7-10H,1-6H2. The van der Waals surface area contributed by atoms with Crippen molar-refractivity contribution in [2.45, 2.75) is 38.5 Å². The van der Waals surface area contributed by atoms with E-state index in [1.807, 2.05) is 0 Å². The molecule has 3 saturated carbocycles. The number of carbonyl (C=O) groups is 3. The molecule has 0 spiro atoms. The van der Waals surface area contributed by atoms with E-state index in [0.717, 1.165) is 25.7 Å². The van der Waals surface area contributed by atoms with Crippen molar-refractivity contribution in [2.75, 3.05) is 0 Å². The van der Waals surface area contributed by atoms with Crippen LogP contribution in [0.4, 0.5) is 0 Å². The Balaban J connectivity index is 1.93. The smallest absolute Gasteiger partial charge is 0.264 e. The van der Waals surface area contributed by atoms with Crippen molar-refractivity contribution < 1.29 is 14.4 Å². The normalized spacial score (nSPS) is 43.1. The molecule has 16 heavy (non-hydrogen) atoms. The molecule has 0 heterocycles. The van der Waals surface area contributed by atoms with Crippen molar-refractivity contribution in [3.8, 4) is 0 Å². The van der Waals surface area contributed by atoms with Crippen LogP contribution in [0.15, 0.2) is 0 Å². The number of rotatable bonds is 0. The summed E-state index contributed by atoms with van der Waals surface area (Å²) < 4.78 is 0. The highest BCUT2D eigenvalue weighted by atomic mass is 16.2. The first-order valence-electron chi connectivity index (χ1n) is 6.32. The Kier molecular flexibility index (Phi) is 2.23. The van der Waals surface area contributed by atoms with Crippen molar-refractivity contribution in [1.29, 1.82) is 0 Å². The lowest BCUT2D eigenvalue weighted by atomic mass is 9.62. The van der Waals surface area contributed by atoms with Crippen LogP contribution < -0.4 is 0 Å². The maximum absolute atomic E-state index is 11.8. The van der Waals surface area contributed by atoms with Gasteiger partial charge in [-0.25, -0.2) is 0 Å². The highest BCUT2D eigenvalue weighted by molar-refractivity contribution is 6.68. The van der Waals surface area contributed by atoms with Crippen LogP contribution in [0.3, 0.4) is 0 Å². The van der Waals surface area contributed by atoms with Gasteiger partial charge in [-0.1, -0.05) is 19.3 Å². The summed E-state index contributed by atoms with van der Waals surface area (Å²) in [6.45, 7) is 0. The third kappa shape index (κ3) is 1.23. The summed E-state index contributed by atoms with van der Waals surface area (Å²) >= 11 is 0. The average Bonchev–Trinajstić information content (AvgIpc) is 2.55. The summed E-state index contributed by atoms with van der Waals surface area (Å²) in [5.41, 5.74) is 0. The first-order chi connectivity index (χ1) is 7.70. The number of ketones is 3. The molecular weight excluding hydrogens is 204 g/mol. The van der Waals surface area contributed by atoms with Gasteiger partial charge in [0.15, 0.2) is 0 Å². The molecule has 0 aromatic rings. The van der Waals surface area contributed by atoms with Gasteiger partial charge in [0, 0.05) is 11.8 Å². The van der Waals surface area contributed by atoms with E-state index in [2.05, 4.69) is 0 Å². The Bertz CT molecular complexity index is 371. The number of hydrogen-bond acceptors (Lipinski definition) is 3. The van der Waals surface area contributed by atoms with Crippen LogP contribution in [0.2, 0.25) is 0 Å². The van der Waals surface area contributed by atoms with Crippen molar-refractivity contribution in [3.63, 3.8) is 0 Å². The van der Waals surface area contributed by atoms with Crippen LogP contribution in [0.5, 0.6) is 0 Å². The highest BCUT2D eigenvalue weighted by Gasteiger charge is 2.55. The van der Waals surface area contributed by atoms with Crippen LogP contribution >= 0.6 is 0 Å². The molecule has 3 fully saturated rings. The SMILES string of the molecule is O=C1C(=O)C2CCC3CCCCC3C2C1=O. The first kappa shape index (κ1) is 10.2. The molecule has 4 unspecified atom stereocenters. The van der Waals surface area contributed by atoms with Gasteiger partial charge < -0.3 is 0 Å². The number of fused-ring (bicyclic) bond motifs is 3.